The maximum atomic E-state index is 13.1. The number of amides is 2. The van der Waals surface area contributed by atoms with Crippen LogP contribution in [0.5, 0.6) is 0 Å². The van der Waals surface area contributed by atoms with Gasteiger partial charge in [0.25, 0.3) is 5.92 Å². The monoisotopic (exact) mass is 339 g/mol. The third kappa shape index (κ3) is 4.74. The number of nitrogens with one attached hydrogen (secondary N) is 2. The highest BCUT2D eigenvalue weighted by Gasteiger charge is 2.42. The zero-order valence-corrected chi connectivity index (χ0v) is 13.9. The Bertz CT molecular complexity index is 586. The first-order valence-corrected chi connectivity index (χ1v) is 8.13. The van der Waals surface area contributed by atoms with Crippen LogP contribution in [0.2, 0.25) is 0 Å². The molecular weight excluding hydrogens is 316 g/mol. The van der Waals surface area contributed by atoms with Crippen LogP contribution < -0.4 is 10.6 Å². The summed E-state index contributed by atoms with van der Waals surface area (Å²) in [6, 6.07) is 5.98. The maximum Gasteiger partial charge on any atom is 0.262 e. The van der Waals surface area contributed by atoms with E-state index in [-0.39, 0.29) is 5.91 Å². The summed E-state index contributed by atoms with van der Waals surface area (Å²) in [5, 5.41) is 5.13. The van der Waals surface area contributed by atoms with Gasteiger partial charge in [-0.15, -0.1) is 0 Å². The Morgan fingerprint density at radius 1 is 1.25 bits per heavy atom. The number of alkyl halides is 2. The molecule has 0 aromatic heterocycles. The van der Waals surface area contributed by atoms with Crippen molar-refractivity contribution in [3.63, 3.8) is 0 Å². The summed E-state index contributed by atoms with van der Waals surface area (Å²) < 4.78 is 26.2. The molecule has 2 N–H and O–H groups in total. The predicted molar refractivity (Wildman–Crippen MR) is 88.1 cm³/mol. The molecule has 0 saturated carbocycles. The number of likely N-dealkylation sites (N-methyl/N-ethyl adjacent to an activating group) is 1. The number of nitrogens with zero attached hydrogens (tertiary/aromatic N) is 1. The fourth-order valence-corrected chi connectivity index (χ4v) is 2.70. The molecule has 132 valence electrons. The van der Waals surface area contributed by atoms with Gasteiger partial charge in [0.05, 0.1) is 19.0 Å². The van der Waals surface area contributed by atoms with Gasteiger partial charge in [-0.25, -0.2) is 8.78 Å². The first kappa shape index (κ1) is 18.3. The third-order valence-electron chi connectivity index (χ3n) is 4.12. The molecule has 1 heterocycles. The maximum absolute atomic E-state index is 13.1. The number of hydrogen-bond acceptors (Lipinski definition) is 3. The molecule has 1 aromatic rings. The highest BCUT2D eigenvalue weighted by Crippen LogP contribution is 2.25. The molecule has 1 aliphatic heterocycles. The third-order valence-corrected chi connectivity index (χ3v) is 4.12. The molecule has 0 radical (unpaired) electrons. The topological polar surface area (TPSA) is 61.4 Å². The molecule has 1 aliphatic rings. The molecule has 0 spiro atoms. The second kappa shape index (κ2) is 7.70. The molecule has 2 rings (SSSR count). The Labute approximate surface area is 140 Å². The van der Waals surface area contributed by atoms with Crippen LogP contribution >= 0.6 is 0 Å². The van der Waals surface area contributed by atoms with Crippen LogP contribution in [0.3, 0.4) is 0 Å². The van der Waals surface area contributed by atoms with E-state index in [2.05, 4.69) is 10.6 Å². The Balaban J connectivity index is 1.90. The minimum absolute atomic E-state index is 0.0502. The van der Waals surface area contributed by atoms with E-state index in [9.17, 15) is 18.4 Å². The molecule has 24 heavy (non-hydrogen) atoms. The van der Waals surface area contributed by atoms with E-state index >= 15 is 0 Å². The summed E-state index contributed by atoms with van der Waals surface area (Å²) in [5.41, 5.74) is 1.37. The van der Waals surface area contributed by atoms with Crippen molar-refractivity contribution in [2.75, 3.05) is 25.0 Å². The summed E-state index contributed by atoms with van der Waals surface area (Å²) in [7, 11) is 0. The zero-order chi connectivity index (χ0) is 17.7. The van der Waals surface area contributed by atoms with Gasteiger partial charge in [0, 0.05) is 25.2 Å². The zero-order valence-electron chi connectivity index (χ0n) is 13.9. The van der Waals surface area contributed by atoms with Crippen molar-refractivity contribution < 1.29 is 18.4 Å². The Hall–Kier alpha value is -2.02. The molecule has 7 heteroatoms. The quantitative estimate of drug-likeness (QED) is 0.834. The second-order valence-corrected chi connectivity index (χ2v) is 5.92. The van der Waals surface area contributed by atoms with Crippen LogP contribution in [0.15, 0.2) is 24.3 Å². The van der Waals surface area contributed by atoms with Gasteiger partial charge in [-0.2, -0.15) is 0 Å². The van der Waals surface area contributed by atoms with E-state index in [1.165, 1.54) is 0 Å². The first-order chi connectivity index (χ1) is 11.3. The van der Waals surface area contributed by atoms with Crippen molar-refractivity contribution in [3.05, 3.63) is 29.8 Å². The Morgan fingerprint density at radius 3 is 2.38 bits per heavy atom. The van der Waals surface area contributed by atoms with Gasteiger partial charge in [0.2, 0.25) is 11.8 Å². The minimum atomic E-state index is -2.84. The number of anilines is 1. The van der Waals surface area contributed by atoms with Crippen molar-refractivity contribution in [1.82, 2.24) is 10.2 Å². The summed E-state index contributed by atoms with van der Waals surface area (Å²) in [6.07, 6.45) is -0.193. The van der Waals surface area contributed by atoms with Crippen molar-refractivity contribution in [3.8, 4) is 0 Å². The number of benzene rings is 1. The highest BCUT2D eigenvalue weighted by molar-refractivity contribution is 5.95. The van der Waals surface area contributed by atoms with Crippen molar-refractivity contribution in [2.45, 2.75) is 38.7 Å². The van der Waals surface area contributed by atoms with Gasteiger partial charge in [-0.1, -0.05) is 12.1 Å². The summed E-state index contributed by atoms with van der Waals surface area (Å²) in [5.74, 6) is -3.26. The number of carbonyl (C=O) groups excluding carboxylic acids is 2. The van der Waals surface area contributed by atoms with Crippen LogP contribution in [0, 0.1) is 0 Å². The summed E-state index contributed by atoms with van der Waals surface area (Å²) in [4.78, 5) is 25.8. The lowest BCUT2D eigenvalue weighted by molar-refractivity contribution is -0.130. The average Bonchev–Trinajstić information content (AvgIpc) is 2.90. The van der Waals surface area contributed by atoms with E-state index in [1.54, 1.807) is 29.2 Å². The normalized spacial score (nSPS) is 19.1. The van der Waals surface area contributed by atoms with Crippen LogP contribution in [0.1, 0.15) is 25.8 Å². The van der Waals surface area contributed by atoms with Crippen LogP contribution in [0.25, 0.3) is 0 Å². The van der Waals surface area contributed by atoms with Gasteiger partial charge in [-0.05, 0) is 31.5 Å². The SMILES string of the molecule is CCN(CC)C(=O)Cc1ccc(NC(=O)C2CC(F)(F)CN2)cc1. The van der Waals surface area contributed by atoms with Crippen LogP contribution in [0.4, 0.5) is 14.5 Å². The first-order valence-electron chi connectivity index (χ1n) is 8.13. The number of hydrogen-bond donors (Lipinski definition) is 2. The van der Waals surface area contributed by atoms with E-state index < -0.39 is 30.8 Å². The van der Waals surface area contributed by atoms with Gasteiger partial charge in [0.1, 0.15) is 0 Å². The predicted octanol–water partition coefficient (Wildman–Crippen LogP) is 2.03. The van der Waals surface area contributed by atoms with Crippen LogP contribution in [-0.4, -0.2) is 48.3 Å². The highest BCUT2D eigenvalue weighted by atomic mass is 19.3. The molecule has 1 aromatic carbocycles. The summed E-state index contributed by atoms with van der Waals surface area (Å²) in [6.45, 7) is 4.73. The number of carbonyl (C=O) groups is 2. The fourth-order valence-electron chi connectivity index (χ4n) is 2.70. The van der Waals surface area contributed by atoms with Crippen LogP contribution in [-0.2, 0) is 16.0 Å². The van der Waals surface area contributed by atoms with Crippen molar-refractivity contribution in [1.29, 1.82) is 0 Å². The van der Waals surface area contributed by atoms with Gasteiger partial charge < -0.3 is 10.2 Å². The van der Waals surface area contributed by atoms with E-state index in [1.807, 2.05) is 13.8 Å². The molecular formula is C17H23F2N3O2. The van der Waals surface area contributed by atoms with E-state index in [0.29, 0.717) is 25.2 Å². The largest absolute Gasteiger partial charge is 0.343 e. The van der Waals surface area contributed by atoms with Gasteiger partial charge in [0.15, 0.2) is 0 Å². The Morgan fingerprint density at radius 2 is 1.88 bits per heavy atom. The lowest BCUT2D eigenvalue weighted by atomic mass is 10.1. The lowest BCUT2D eigenvalue weighted by Crippen LogP contribution is -2.35. The van der Waals surface area contributed by atoms with E-state index in [4.69, 9.17) is 0 Å². The molecule has 0 aliphatic carbocycles. The molecule has 0 bridgehead atoms. The van der Waals surface area contributed by atoms with Crippen molar-refractivity contribution >= 4 is 17.5 Å². The van der Waals surface area contributed by atoms with Gasteiger partial charge >= 0.3 is 0 Å². The molecule has 1 unspecified atom stereocenters. The molecule has 1 atom stereocenters. The fraction of sp³-hybridized carbons (Fsp3) is 0.529. The lowest BCUT2D eigenvalue weighted by Gasteiger charge is -2.18. The van der Waals surface area contributed by atoms with Crippen molar-refractivity contribution in [2.24, 2.45) is 0 Å². The number of rotatable bonds is 6. The summed E-state index contributed by atoms with van der Waals surface area (Å²) >= 11 is 0. The standard InChI is InChI=1S/C17H23F2N3O2/c1-3-22(4-2)15(23)9-12-5-7-13(8-6-12)21-16(24)14-10-17(18,19)11-20-14/h5-8,14,20H,3-4,9-11H2,1-2H3,(H,21,24). The number of halogens is 2. The molecule has 2 amide bonds. The molecule has 5 nitrogen and oxygen atoms in total. The van der Waals surface area contributed by atoms with E-state index in [0.717, 1.165) is 5.56 Å². The van der Waals surface area contributed by atoms with Gasteiger partial charge in [-0.3, -0.25) is 14.9 Å². The Kier molecular flexibility index (Phi) is 5.88. The smallest absolute Gasteiger partial charge is 0.262 e. The average molecular weight is 339 g/mol. The minimum Gasteiger partial charge on any atom is -0.343 e. The molecule has 1 fully saturated rings. The molecule has 1 saturated heterocycles. The second-order valence-electron chi connectivity index (χ2n) is 5.92.